The third-order valence-electron chi connectivity index (χ3n) is 1.69. The van der Waals surface area contributed by atoms with Gasteiger partial charge in [0.05, 0.1) is 10.6 Å². The molecule has 76 valence electrons. The largest absolute Gasteiger partial charge is 0.330 e. The van der Waals surface area contributed by atoms with E-state index in [-0.39, 0.29) is 18.0 Å². The molecular formula is C9H8ClF2NO. The molecule has 0 spiro atoms. The third kappa shape index (κ3) is 2.08. The molecule has 0 aliphatic carbocycles. The lowest BCUT2D eigenvalue weighted by molar-refractivity contribution is 0.0977. The minimum Gasteiger partial charge on any atom is -0.330 e. The Morgan fingerprint density at radius 3 is 2.64 bits per heavy atom. The first-order chi connectivity index (χ1) is 6.57. The number of halogens is 3. The number of benzene rings is 1. The molecule has 0 amide bonds. The van der Waals surface area contributed by atoms with Gasteiger partial charge in [0.15, 0.2) is 11.6 Å². The van der Waals surface area contributed by atoms with Crippen LogP contribution in [0.5, 0.6) is 0 Å². The monoisotopic (exact) mass is 219 g/mol. The predicted molar refractivity (Wildman–Crippen MR) is 49.4 cm³/mol. The van der Waals surface area contributed by atoms with Crippen LogP contribution in [0.4, 0.5) is 8.78 Å². The van der Waals surface area contributed by atoms with Crippen LogP contribution >= 0.6 is 11.6 Å². The van der Waals surface area contributed by atoms with Crippen LogP contribution in [-0.2, 0) is 0 Å². The van der Waals surface area contributed by atoms with Gasteiger partial charge in [-0.25, -0.2) is 8.78 Å². The summed E-state index contributed by atoms with van der Waals surface area (Å²) in [5.74, 6) is -2.61. The standard InChI is InChI=1S/C9H8ClF2NO/c10-5-1-2-6(11)8(9(5)12)7(14)3-4-13/h1-2H,3-4,13H2. The van der Waals surface area contributed by atoms with Crippen molar-refractivity contribution in [3.63, 3.8) is 0 Å². The van der Waals surface area contributed by atoms with Gasteiger partial charge in [0.1, 0.15) is 5.82 Å². The van der Waals surface area contributed by atoms with Crippen molar-refractivity contribution in [3.8, 4) is 0 Å². The van der Waals surface area contributed by atoms with Gasteiger partial charge < -0.3 is 5.73 Å². The minimum atomic E-state index is -1.02. The summed E-state index contributed by atoms with van der Waals surface area (Å²) in [6, 6.07) is 2.01. The maximum absolute atomic E-state index is 13.2. The van der Waals surface area contributed by atoms with E-state index < -0.39 is 23.0 Å². The number of carbonyl (C=O) groups excluding carboxylic acids is 1. The lowest BCUT2D eigenvalue weighted by atomic mass is 10.1. The average Bonchev–Trinajstić information content (AvgIpc) is 2.13. The molecule has 14 heavy (non-hydrogen) atoms. The Balaban J connectivity index is 3.18. The van der Waals surface area contributed by atoms with E-state index in [9.17, 15) is 13.6 Å². The van der Waals surface area contributed by atoms with Crippen LogP contribution in [0.15, 0.2) is 12.1 Å². The van der Waals surface area contributed by atoms with Crippen molar-refractivity contribution in [3.05, 3.63) is 34.4 Å². The van der Waals surface area contributed by atoms with Crippen LogP contribution in [0, 0.1) is 11.6 Å². The molecule has 0 atom stereocenters. The molecule has 1 rings (SSSR count). The quantitative estimate of drug-likeness (QED) is 0.625. The first kappa shape index (κ1) is 11.1. The molecule has 0 saturated carbocycles. The fourth-order valence-electron chi connectivity index (χ4n) is 1.04. The molecule has 1 aromatic rings. The number of hydrogen-bond donors (Lipinski definition) is 1. The molecule has 2 N–H and O–H groups in total. The van der Waals surface area contributed by atoms with Crippen molar-refractivity contribution in [2.45, 2.75) is 6.42 Å². The van der Waals surface area contributed by atoms with Crippen LogP contribution in [-0.4, -0.2) is 12.3 Å². The summed E-state index contributed by atoms with van der Waals surface area (Å²) in [4.78, 5) is 11.2. The van der Waals surface area contributed by atoms with E-state index >= 15 is 0 Å². The highest BCUT2D eigenvalue weighted by Crippen LogP contribution is 2.21. The van der Waals surface area contributed by atoms with Crippen molar-refractivity contribution in [1.29, 1.82) is 0 Å². The van der Waals surface area contributed by atoms with Crippen LogP contribution in [0.25, 0.3) is 0 Å². The number of nitrogens with two attached hydrogens (primary N) is 1. The number of hydrogen-bond acceptors (Lipinski definition) is 2. The highest BCUT2D eigenvalue weighted by molar-refractivity contribution is 6.31. The SMILES string of the molecule is NCCC(=O)c1c(F)ccc(Cl)c1F. The van der Waals surface area contributed by atoms with E-state index in [4.69, 9.17) is 17.3 Å². The Kier molecular flexibility index (Phi) is 3.55. The topological polar surface area (TPSA) is 43.1 Å². The average molecular weight is 220 g/mol. The van der Waals surface area contributed by atoms with Crippen LogP contribution in [0.1, 0.15) is 16.8 Å². The predicted octanol–water partition coefficient (Wildman–Crippen LogP) is 2.15. The Morgan fingerprint density at radius 1 is 1.43 bits per heavy atom. The van der Waals surface area contributed by atoms with Gasteiger partial charge in [-0.15, -0.1) is 0 Å². The first-order valence-corrected chi connectivity index (χ1v) is 4.32. The van der Waals surface area contributed by atoms with E-state index in [0.717, 1.165) is 12.1 Å². The Bertz CT molecular complexity index is 368. The van der Waals surface area contributed by atoms with E-state index in [2.05, 4.69) is 0 Å². The first-order valence-electron chi connectivity index (χ1n) is 3.94. The highest BCUT2D eigenvalue weighted by Gasteiger charge is 2.18. The third-order valence-corrected chi connectivity index (χ3v) is 1.99. The molecule has 5 heteroatoms. The lowest BCUT2D eigenvalue weighted by Crippen LogP contribution is -2.11. The normalized spacial score (nSPS) is 10.3. The van der Waals surface area contributed by atoms with E-state index in [0.29, 0.717) is 0 Å². The van der Waals surface area contributed by atoms with Gasteiger partial charge in [0, 0.05) is 6.42 Å². The van der Waals surface area contributed by atoms with Gasteiger partial charge in [-0.3, -0.25) is 4.79 Å². The van der Waals surface area contributed by atoms with E-state index in [1.807, 2.05) is 0 Å². The maximum atomic E-state index is 13.2. The fraction of sp³-hybridized carbons (Fsp3) is 0.222. The zero-order valence-electron chi connectivity index (χ0n) is 7.19. The Hall–Kier alpha value is -1.000. The van der Waals surface area contributed by atoms with Crippen molar-refractivity contribution in [2.24, 2.45) is 5.73 Å². The minimum absolute atomic E-state index is 0.0459. The number of ketones is 1. The highest BCUT2D eigenvalue weighted by atomic mass is 35.5. The zero-order chi connectivity index (χ0) is 10.7. The molecule has 2 nitrogen and oxygen atoms in total. The summed E-state index contributed by atoms with van der Waals surface area (Å²) in [6.45, 7) is 0.0459. The summed E-state index contributed by atoms with van der Waals surface area (Å²) in [7, 11) is 0. The lowest BCUT2D eigenvalue weighted by Gasteiger charge is -2.04. The molecule has 0 heterocycles. The Labute approximate surface area is 84.7 Å². The smallest absolute Gasteiger partial charge is 0.170 e. The Morgan fingerprint density at radius 2 is 2.07 bits per heavy atom. The van der Waals surface area contributed by atoms with Crippen molar-refractivity contribution in [2.75, 3.05) is 6.54 Å². The van der Waals surface area contributed by atoms with Gasteiger partial charge >= 0.3 is 0 Å². The number of rotatable bonds is 3. The molecule has 0 aromatic heterocycles. The van der Waals surface area contributed by atoms with Crippen molar-refractivity contribution >= 4 is 17.4 Å². The van der Waals surface area contributed by atoms with E-state index in [1.54, 1.807) is 0 Å². The van der Waals surface area contributed by atoms with Gasteiger partial charge in [0.2, 0.25) is 0 Å². The molecule has 0 aliphatic heterocycles. The van der Waals surface area contributed by atoms with Crippen LogP contribution < -0.4 is 5.73 Å². The fourth-order valence-corrected chi connectivity index (χ4v) is 1.20. The maximum Gasteiger partial charge on any atom is 0.170 e. The number of Topliss-reactive ketones (excluding diaryl/α,β-unsaturated/α-hetero) is 1. The van der Waals surface area contributed by atoms with Crippen LogP contribution in [0.2, 0.25) is 5.02 Å². The summed E-state index contributed by atoms with van der Waals surface area (Å²) >= 11 is 5.40. The second-order valence-electron chi connectivity index (χ2n) is 2.68. The summed E-state index contributed by atoms with van der Waals surface area (Å²) in [5.41, 5.74) is 4.50. The zero-order valence-corrected chi connectivity index (χ0v) is 7.94. The van der Waals surface area contributed by atoms with Gasteiger partial charge in [0.25, 0.3) is 0 Å². The van der Waals surface area contributed by atoms with Gasteiger partial charge in [-0.05, 0) is 18.7 Å². The second kappa shape index (κ2) is 4.48. The van der Waals surface area contributed by atoms with E-state index in [1.165, 1.54) is 0 Å². The molecule has 0 aliphatic rings. The van der Waals surface area contributed by atoms with Gasteiger partial charge in [-0.2, -0.15) is 0 Å². The molecular weight excluding hydrogens is 212 g/mol. The molecule has 0 bridgehead atoms. The molecule has 0 unspecified atom stereocenters. The van der Waals surface area contributed by atoms with Crippen molar-refractivity contribution < 1.29 is 13.6 Å². The summed E-state index contributed by atoms with van der Waals surface area (Å²) in [6.07, 6.45) is -0.103. The molecule has 0 saturated heterocycles. The number of carbonyl (C=O) groups is 1. The van der Waals surface area contributed by atoms with Gasteiger partial charge in [-0.1, -0.05) is 11.6 Å². The van der Waals surface area contributed by atoms with Crippen molar-refractivity contribution in [1.82, 2.24) is 0 Å². The second-order valence-corrected chi connectivity index (χ2v) is 3.09. The summed E-state index contributed by atoms with van der Waals surface area (Å²) < 4.78 is 26.2. The molecule has 1 aromatic carbocycles. The van der Waals surface area contributed by atoms with Crippen LogP contribution in [0.3, 0.4) is 0 Å². The molecule has 0 radical (unpaired) electrons. The molecule has 0 fully saturated rings. The summed E-state index contributed by atoms with van der Waals surface area (Å²) in [5, 5.41) is -0.272.